The van der Waals surface area contributed by atoms with Crippen LogP contribution in [0.2, 0.25) is 0 Å². The second-order valence-corrected chi connectivity index (χ2v) is 4.41. The van der Waals surface area contributed by atoms with Gasteiger partial charge in [-0.3, -0.25) is 14.7 Å². The maximum atomic E-state index is 11.9. The van der Waals surface area contributed by atoms with E-state index in [-0.39, 0.29) is 18.4 Å². The van der Waals surface area contributed by atoms with Gasteiger partial charge in [0.1, 0.15) is 0 Å². The summed E-state index contributed by atoms with van der Waals surface area (Å²) in [5.41, 5.74) is 1.22. The third-order valence-corrected chi connectivity index (χ3v) is 2.73. The van der Waals surface area contributed by atoms with E-state index in [1.807, 2.05) is 0 Å². The lowest BCUT2D eigenvalue weighted by atomic mass is 10.2. The molecule has 0 radical (unpaired) electrons. The Morgan fingerprint density at radius 1 is 1.59 bits per heavy atom. The normalized spacial score (nSPS) is 14.5. The van der Waals surface area contributed by atoms with Crippen LogP contribution in [0.1, 0.15) is 28.9 Å². The number of amides is 2. The second-order valence-electron chi connectivity index (χ2n) is 4.41. The molecule has 0 atom stereocenters. The molecule has 17 heavy (non-hydrogen) atoms. The number of aromatic nitrogens is 2. The maximum absolute atomic E-state index is 11.9. The van der Waals surface area contributed by atoms with E-state index in [0.717, 1.165) is 12.8 Å². The number of hydrogen-bond acceptors (Lipinski definition) is 3. The van der Waals surface area contributed by atoms with E-state index in [0.29, 0.717) is 17.3 Å². The van der Waals surface area contributed by atoms with Crippen molar-refractivity contribution in [2.24, 2.45) is 0 Å². The van der Waals surface area contributed by atoms with Crippen LogP contribution in [0.25, 0.3) is 0 Å². The topological polar surface area (TPSA) is 78.1 Å². The second kappa shape index (κ2) is 4.57. The van der Waals surface area contributed by atoms with Gasteiger partial charge in [-0.1, -0.05) is 0 Å². The molecule has 1 aliphatic carbocycles. The Balaban J connectivity index is 1.90. The standard InChI is InChI=1S/C11H16N4O2/c1-7-9(5-12-14-7)11(17)15(2)6-10(16)13-8-3-4-8/h5,8H,3-4,6H2,1-2H3,(H,12,14)(H,13,16). The highest BCUT2D eigenvalue weighted by atomic mass is 16.2. The Morgan fingerprint density at radius 3 is 2.82 bits per heavy atom. The van der Waals surface area contributed by atoms with E-state index in [2.05, 4.69) is 15.5 Å². The molecule has 1 aliphatic rings. The van der Waals surface area contributed by atoms with Crippen molar-refractivity contribution in [1.82, 2.24) is 20.4 Å². The van der Waals surface area contributed by atoms with Gasteiger partial charge in [0, 0.05) is 18.8 Å². The third-order valence-electron chi connectivity index (χ3n) is 2.73. The quantitative estimate of drug-likeness (QED) is 0.776. The molecule has 6 heteroatoms. The van der Waals surface area contributed by atoms with Gasteiger partial charge in [-0.15, -0.1) is 0 Å². The lowest BCUT2D eigenvalue weighted by Gasteiger charge is -2.16. The highest BCUT2D eigenvalue weighted by Gasteiger charge is 2.25. The zero-order valence-electron chi connectivity index (χ0n) is 9.99. The number of carbonyl (C=O) groups excluding carboxylic acids is 2. The average Bonchev–Trinajstić information content (AvgIpc) is 2.97. The molecule has 92 valence electrons. The van der Waals surface area contributed by atoms with Crippen molar-refractivity contribution in [3.8, 4) is 0 Å². The summed E-state index contributed by atoms with van der Waals surface area (Å²) >= 11 is 0. The lowest BCUT2D eigenvalue weighted by Crippen LogP contribution is -2.39. The summed E-state index contributed by atoms with van der Waals surface area (Å²) in [6, 6.07) is 0.321. The molecule has 0 bridgehead atoms. The van der Waals surface area contributed by atoms with E-state index in [9.17, 15) is 9.59 Å². The van der Waals surface area contributed by atoms with Crippen LogP contribution in [0.4, 0.5) is 0 Å². The predicted molar refractivity (Wildman–Crippen MR) is 61.4 cm³/mol. The van der Waals surface area contributed by atoms with Gasteiger partial charge < -0.3 is 10.2 Å². The maximum Gasteiger partial charge on any atom is 0.257 e. The zero-order valence-corrected chi connectivity index (χ0v) is 9.99. The van der Waals surface area contributed by atoms with Gasteiger partial charge in [0.05, 0.1) is 18.3 Å². The summed E-state index contributed by atoms with van der Waals surface area (Å²) in [6.45, 7) is 1.86. The number of hydrogen-bond donors (Lipinski definition) is 2. The van der Waals surface area contributed by atoms with Crippen LogP contribution in [0.3, 0.4) is 0 Å². The van der Waals surface area contributed by atoms with Crippen LogP contribution in [0.15, 0.2) is 6.20 Å². The minimum atomic E-state index is -0.192. The first-order chi connectivity index (χ1) is 8.08. The zero-order chi connectivity index (χ0) is 12.4. The molecule has 1 saturated carbocycles. The van der Waals surface area contributed by atoms with Gasteiger partial charge in [-0.05, 0) is 19.8 Å². The molecule has 1 heterocycles. The molecule has 6 nitrogen and oxygen atoms in total. The van der Waals surface area contributed by atoms with E-state index >= 15 is 0 Å². The van der Waals surface area contributed by atoms with Crippen LogP contribution in [0.5, 0.6) is 0 Å². The highest BCUT2D eigenvalue weighted by Crippen LogP contribution is 2.18. The van der Waals surface area contributed by atoms with E-state index in [1.165, 1.54) is 11.1 Å². The largest absolute Gasteiger partial charge is 0.352 e. The predicted octanol–water partition coefficient (Wildman–Crippen LogP) is 0.0687. The molecule has 0 saturated heterocycles. The Hall–Kier alpha value is -1.85. The van der Waals surface area contributed by atoms with Crippen LogP contribution in [-0.4, -0.2) is 46.5 Å². The van der Waals surface area contributed by atoms with Crippen molar-refractivity contribution < 1.29 is 9.59 Å². The first kappa shape index (κ1) is 11.6. The van der Waals surface area contributed by atoms with E-state index < -0.39 is 0 Å². The van der Waals surface area contributed by atoms with Gasteiger partial charge in [-0.2, -0.15) is 5.10 Å². The molecule has 0 aliphatic heterocycles. The molecule has 2 amide bonds. The number of aryl methyl sites for hydroxylation is 1. The molecular weight excluding hydrogens is 220 g/mol. The molecule has 0 unspecified atom stereocenters. The van der Waals surface area contributed by atoms with Crippen molar-refractivity contribution >= 4 is 11.8 Å². The van der Waals surface area contributed by atoms with Crippen LogP contribution in [0, 0.1) is 6.92 Å². The molecule has 1 aromatic heterocycles. The summed E-state index contributed by atoms with van der Waals surface area (Å²) in [6.07, 6.45) is 3.57. The summed E-state index contributed by atoms with van der Waals surface area (Å²) in [4.78, 5) is 24.9. The van der Waals surface area contributed by atoms with Crippen molar-refractivity contribution in [3.05, 3.63) is 17.5 Å². The van der Waals surface area contributed by atoms with Crippen LogP contribution < -0.4 is 5.32 Å². The molecule has 0 aromatic carbocycles. The molecule has 0 spiro atoms. The first-order valence-electron chi connectivity index (χ1n) is 5.62. The number of nitrogens with one attached hydrogen (secondary N) is 2. The number of aromatic amines is 1. The SMILES string of the molecule is Cc1[nH]ncc1C(=O)N(C)CC(=O)NC1CC1. The number of nitrogens with zero attached hydrogens (tertiary/aromatic N) is 2. The lowest BCUT2D eigenvalue weighted by molar-refractivity contribution is -0.121. The van der Waals surface area contributed by atoms with Crippen LogP contribution in [-0.2, 0) is 4.79 Å². The van der Waals surface area contributed by atoms with Crippen molar-refractivity contribution in [2.75, 3.05) is 13.6 Å². The molecule has 2 rings (SSSR count). The average molecular weight is 236 g/mol. The third kappa shape index (κ3) is 2.83. The van der Waals surface area contributed by atoms with Crippen molar-refractivity contribution in [3.63, 3.8) is 0 Å². The smallest absolute Gasteiger partial charge is 0.257 e. The fraction of sp³-hybridized carbons (Fsp3) is 0.545. The summed E-state index contributed by atoms with van der Waals surface area (Å²) < 4.78 is 0. The van der Waals surface area contributed by atoms with Gasteiger partial charge in [-0.25, -0.2) is 0 Å². The molecular formula is C11H16N4O2. The molecule has 1 aromatic rings. The number of rotatable bonds is 4. The summed E-state index contributed by atoms with van der Waals surface area (Å²) in [5, 5.41) is 9.33. The monoisotopic (exact) mass is 236 g/mol. The fourth-order valence-corrected chi connectivity index (χ4v) is 1.56. The Morgan fingerprint density at radius 2 is 2.29 bits per heavy atom. The van der Waals surface area contributed by atoms with Gasteiger partial charge in [0.15, 0.2) is 0 Å². The van der Waals surface area contributed by atoms with E-state index in [1.54, 1.807) is 14.0 Å². The minimum Gasteiger partial charge on any atom is -0.352 e. The van der Waals surface area contributed by atoms with Gasteiger partial charge in [0.2, 0.25) is 5.91 Å². The highest BCUT2D eigenvalue weighted by molar-refractivity contribution is 5.97. The molecule has 2 N–H and O–H groups in total. The fourth-order valence-electron chi connectivity index (χ4n) is 1.56. The van der Waals surface area contributed by atoms with Gasteiger partial charge in [0.25, 0.3) is 5.91 Å². The Kier molecular flexibility index (Phi) is 3.12. The van der Waals surface area contributed by atoms with E-state index in [4.69, 9.17) is 0 Å². The van der Waals surface area contributed by atoms with Crippen molar-refractivity contribution in [1.29, 1.82) is 0 Å². The Labute approximate surface area is 99.4 Å². The summed E-state index contributed by atoms with van der Waals surface area (Å²) in [5.74, 6) is -0.299. The number of carbonyl (C=O) groups is 2. The molecule has 1 fully saturated rings. The minimum absolute atomic E-state index is 0.0833. The van der Waals surface area contributed by atoms with Crippen LogP contribution >= 0.6 is 0 Å². The number of H-pyrrole nitrogens is 1. The number of likely N-dealkylation sites (N-methyl/N-ethyl adjacent to an activating group) is 1. The summed E-state index contributed by atoms with van der Waals surface area (Å²) in [7, 11) is 1.61. The van der Waals surface area contributed by atoms with Crippen molar-refractivity contribution in [2.45, 2.75) is 25.8 Å². The van der Waals surface area contributed by atoms with Gasteiger partial charge >= 0.3 is 0 Å². The Bertz CT molecular complexity index is 436. The first-order valence-corrected chi connectivity index (χ1v) is 5.62.